The summed E-state index contributed by atoms with van der Waals surface area (Å²) in [6, 6.07) is 13.7. The van der Waals surface area contributed by atoms with Crippen LogP contribution in [-0.4, -0.2) is 63.4 Å². The maximum Gasteiger partial charge on any atom is 0.255 e. The van der Waals surface area contributed by atoms with Gasteiger partial charge in [-0.1, -0.05) is 41.7 Å². The van der Waals surface area contributed by atoms with Gasteiger partial charge in [-0.3, -0.25) is 9.78 Å². The lowest BCUT2D eigenvalue weighted by Crippen LogP contribution is -2.55. The molecule has 1 N–H and O–H groups in total. The van der Waals surface area contributed by atoms with Crippen LogP contribution in [0.2, 0.25) is 0 Å². The van der Waals surface area contributed by atoms with E-state index < -0.39 is 6.10 Å². The molecule has 4 heterocycles. The van der Waals surface area contributed by atoms with E-state index in [1.807, 2.05) is 30.3 Å². The van der Waals surface area contributed by atoms with Crippen molar-refractivity contribution < 1.29 is 9.90 Å². The number of carbonyl (C=O) groups is 1. The number of β-amino-alcohol motifs (C(OH)–C–C–N with tert-alkyl or cyclic N) is 1. The average Bonchev–Trinajstić information content (AvgIpc) is 3.30. The number of aromatic nitrogens is 3. The lowest BCUT2D eigenvalue weighted by Gasteiger charge is -2.49. The third kappa shape index (κ3) is 4.18. The molecule has 1 unspecified atom stereocenters. The SMILES string of the molecule is O=C(c1cccnc1)N1CC(O)CC2(CCN(c3nnc(-c4ccccc4)s3)CC2)C1. The molecule has 7 nitrogen and oxygen atoms in total. The van der Waals surface area contributed by atoms with Crippen molar-refractivity contribution in [2.45, 2.75) is 25.4 Å². The Bertz CT molecular complexity index is 1030. The minimum absolute atomic E-state index is 0.0507. The molecule has 2 aliphatic heterocycles. The van der Waals surface area contributed by atoms with E-state index in [1.54, 1.807) is 40.8 Å². The van der Waals surface area contributed by atoms with Gasteiger partial charge in [0.25, 0.3) is 5.91 Å². The number of benzene rings is 1. The molecule has 2 saturated heterocycles. The molecule has 5 rings (SSSR count). The zero-order chi connectivity index (χ0) is 21.3. The highest BCUT2D eigenvalue weighted by atomic mass is 32.1. The number of piperidine rings is 2. The highest BCUT2D eigenvalue weighted by molar-refractivity contribution is 7.18. The Morgan fingerprint density at radius 2 is 1.90 bits per heavy atom. The summed E-state index contributed by atoms with van der Waals surface area (Å²) in [5.74, 6) is -0.0507. The minimum Gasteiger partial charge on any atom is -0.391 e. The number of carbonyl (C=O) groups excluding carboxylic acids is 1. The van der Waals surface area contributed by atoms with Crippen LogP contribution in [0.3, 0.4) is 0 Å². The predicted molar refractivity (Wildman–Crippen MR) is 120 cm³/mol. The van der Waals surface area contributed by atoms with Crippen molar-refractivity contribution in [1.29, 1.82) is 0 Å². The number of hydrogen-bond donors (Lipinski definition) is 1. The maximum atomic E-state index is 12.9. The number of likely N-dealkylation sites (tertiary alicyclic amines) is 1. The number of aliphatic hydroxyl groups excluding tert-OH is 1. The first-order valence-corrected chi connectivity index (χ1v) is 11.4. The number of rotatable bonds is 3. The number of amides is 1. The Labute approximate surface area is 185 Å². The minimum atomic E-state index is -0.493. The molecule has 2 fully saturated rings. The molecule has 8 heteroatoms. The van der Waals surface area contributed by atoms with Gasteiger partial charge >= 0.3 is 0 Å². The lowest BCUT2D eigenvalue weighted by atomic mass is 9.71. The van der Waals surface area contributed by atoms with Gasteiger partial charge in [-0.2, -0.15) is 0 Å². The van der Waals surface area contributed by atoms with Crippen LogP contribution < -0.4 is 4.90 Å². The van der Waals surface area contributed by atoms with E-state index in [2.05, 4.69) is 20.1 Å². The van der Waals surface area contributed by atoms with Crippen molar-refractivity contribution >= 4 is 22.4 Å². The summed E-state index contributed by atoms with van der Waals surface area (Å²) in [6.07, 6.45) is 5.34. The Balaban J connectivity index is 1.27. The Hall–Kier alpha value is -2.84. The van der Waals surface area contributed by atoms with Crippen LogP contribution >= 0.6 is 11.3 Å². The zero-order valence-corrected chi connectivity index (χ0v) is 18.0. The first-order valence-electron chi connectivity index (χ1n) is 10.6. The number of aliphatic hydroxyl groups is 1. The maximum absolute atomic E-state index is 12.9. The molecule has 0 aliphatic carbocycles. The fraction of sp³-hybridized carbons (Fsp3) is 0.391. The summed E-state index contributed by atoms with van der Waals surface area (Å²) >= 11 is 1.61. The third-order valence-electron chi connectivity index (χ3n) is 6.35. The third-order valence-corrected chi connectivity index (χ3v) is 7.38. The zero-order valence-electron chi connectivity index (χ0n) is 17.2. The second kappa shape index (κ2) is 8.36. The van der Waals surface area contributed by atoms with Crippen molar-refractivity contribution in [2.75, 3.05) is 31.1 Å². The molecular weight excluding hydrogens is 410 g/mol. The van der Waals surface area contributed by atoms with E-state index in [-0.39, 0.29) is 11.3 Å². The number of anilines is 1. The summed E-state index contributed by atoms with van der Waals surface area (Å²) in [7, 11) is 0. The molecule has 2 aliphatic rings. The summed E-state index contributed by atoms with van der Waals surface area (Å²) in [6.45, 7) is 2.77. The van der Waals surface area contributed by atoms with Crippen LogP contribution in [0.15, 0.2) is 54.9 Å². The van der Waals surface area contributed by atoms with Crippen molar-refractivity contribution in [3.05, 3.63) is 60.4 Å². The van der Waals surface area contributed by atoms with E-state index in [1.165, 1.54) is 0 Å². The standard InChI is InChI=1S/C23H25N5O2S/c29-19-13-23(16-28(15-19)21(30)18-7-4-10-24-14-18)8-11-27(12-9-23)22-26-25-20(31-22)17-5-2-1-3-6-17/h1-7,10,14,19,29H,8-9,11-13,15-16H2. The lowest BCUT2D eigenvalue weighted by molar-refractivity contribution is -0.0150. The predicted octanol–water partition coefficient (Wildman–Crippen LogP) is 3.09. The van der Waals surface area contributed by atoms with Crippen molar-refractivity contribution in [3.63, 3.8) is 0 Å². The smallest absolute Gasteiger partial charge is 0.255 e. The van der Waals surface area contributed by atoms with E-state index in [9.17, 15) is 9.90 Å². The summed E-state index contributed by atoms with van der Waals surface area (Å²) < 4.78 is 0. The molecule has 1 atom stereocenters. The number of pyridine rings is 1. The topological polar surface area (TPSA) is 82.5 Å². The van der Waals surface area contributed by atoms with Crippen LogP contribution in [0.25, 0.3) is 10.6 Å². The van der Waals surface area contributed by atoms with Crippen molar-refractivity contribution in [2.24, 2.45) is 5.41 Å². The van der Waals surface area contributed by atoms with Gasteiger partial charge in [-0.25, -0.2) is 0 Å². The fourth-order valence-corrected chi connectivity index (χ4v) is 5.66. The van der Waals surface area contributed by atoms with Gasteiger partial charge < -0.3 is 14.9 Å². The first kappa shape index (κ1) is 20.1. The van der Waals surface area contributed by atoms with E-state index in [4.69, 9.17) is 0 Å². The van der Waals surface area contributed by atoms with Gasteiger partial charge in [0.05, 0.1) is 11.7 Å². The second-order valence-corrected chi connectivity index (χ2v) is 9.48. The first-order chi connectivity index (χ1) is 15.1. The van der Waals surface area contributed by atoms with Crippen LogP contribution in [0, 0.1) is 5.41 Å². The Kier molecular flexibility index (Phi) is 5.41. The Morgan fingerprint density at radius 3 is 2.65 bits per heavy atom. The summed E-state index contributed by atoms with van der Waals surface area (Å²) in [5, 5.41) is 21.2. The van der Waals surface area contributed by atoms with E-state index in [0.717, 1.165) is 48.1 Å². The normalized spacial score (nSPS) is 20.7. The average molecular weight is 436 g/mol. The monoisotopic (exact) mass is 435 g/mol. The highest BCUT2D eigenvalue weighted by Crippen LogP contribution is 2.42. The van der Waals surface area contributed by atoms with Gasteiger partial charge in [0.1, 0.15) is 5.01 Å². The number of hydrogen-bond acceptors (Lipinski definition) is 7. The molecule has 1 aromatic carbocycles. The molecule has 1 spiro atoms. The van der Waals surface area contributed by atoms with Gasteiger partial charge in [-0.05, 0) is 36.8 Å². The molecule has 31 heavy (non-hydrogen) atoms. The second-order valence-electron chi connectivity index (χ2n) is 8.53. The number of nitrogens with zero attached hydrogens (tertiary/aromatic N) is 5. The molecule has 0 radical (unpaired) electrons. The molecule has 2 aromatic heterocycles. The Morgan fingerprint density at radius 1 is 1.10 bits per heavy atom. The van der Waals surface area contributed by atoms with E-state index in [0.29, 0.717) is 18.7 Å². The highest BCUT2D eigenvalue weighted by Gasteiger charge is 2.43. The van der Waals surface area contributed by atoms with Gasteiger partial charge in [0.15, 0.2) is 0 Å². The van der Waals surface area contributed by atoms with Crippen LogP contribution in [0.1, 0.15) is 29.6 Å². The summed E-state index contributed by atoms with van der Waals surface area (Å²) in [5.41, 5.74) is 1.60. The van der Waals surface area contributed by atoms with Crippen LogP contribution in [0.4, 0.5) is 5.13 Å². The van der Waals surface area contributed by atoms with Crippen LogP contribution in [0.5, 0.6) is 0 Å². The summed E-state index contributed by atoms with van der Waals surface area (Å²) in [4.78, 5) is 21.1. The van der Waals surface area contributed by atoms with Crippen molar-refractivity contribution in [3.8, 4) is 10.6 Å². The van der Waals surface area contributed by atoms with Gasteiger partial charge in [0, 0.05) is 44.1 Å². The van der Waals surface area contributed by atoms with Gasteiger partial charge in [-0.15, -0.1) is 10.2 Å². The fourth-order valence-electron chi connectivity index (χ4n) is 4.75. The quantitative estimate of drug-likeness (QED) is 0.681. The molecule has 0 saturated carbocycles. The molecule has 160 valence electrons. The molecular formula is C23H25N5O2S. The van der Waals surface area contributed by atoms with Gasteiger partial charge in [0.2, 0.25) is 5.13 Å². The van der Waals surface area contributed by atoms with Crippen molar-refractivity contribution in [1.82, 2.24) is 20.1 Å². The van der Waals surface area contributed by atoms with Crippen LogP contribution in [-0.2, 0) is 0 Å². The van der Waals surface area contributed by atoms with E-state index >= 15 is 0 Å². The molecule has 3 aromatic rings. The largest absolute Gasteiger partial charge is 0.391 e. The molecule has 0 bridgehead atoms. The molecule has 1 amide bonds.